The molecule has 23 heavy (non-hydrogen) atoms. The second kappa shape index (κ2) is 7.59. The molecule has 0 N–H and O–H groups in total. The van der Waals surface area contributed by atoms with E-state index >= 15 is 0 Å². The molecule has 1 atom stereocenters. The van der Waals surface area contributed by atoms with Gasteiger partial charge >= 0.3 is 0 Å². The van der Waals surface area contributed by atoms with Crippen molar-refractivity contribution in [2.75, 3.05) is 18.9 Å². The van der Waals surface area contributed by atoms with Crippen molar-refractivity contribution in [1.29, 1.82) is 0 Å². The van der Waals surface area contributed by atoms with Crippen LogP contribution in [0.2, 0.25) is 0 Å². The van der Waals surface area contributed by atoms with Gasteiger partial charge in [0, 0.05) is 17.9 Å². The van der Waals surface area contributed by atoms with Crippen LogP contribution in [0.25, 0.3) is 0 Å². The number of carbonyl (C=O) groups is 1. The fourth-order valence-corrected chi connectivity index (χ4v) is 3.74. The zero-order chi connectivity index (χ0) is 16.1. The van der Waals surface area contributed by atoms with Gasteiger partial charge in [0.05, 0.1) is 12.9 Å². The molecule has 1 aliphatic rings. The number of carbonyl (C=O) groups excluding carboxylic acids is 1. The Kier molecular flexibility index (Phi) is 5.28. The molecule has 2 aromatic rings. The molecule has 4 nitrogen and oxygen atoms in total. The number of hydrogen-bond donors (Lipinski definition) is 0. The van der Waals surface area contributed by atoms with E-state index in [4.69, 9.17) is 9.15 Å². The maximum Gasteiger partial charge on any atom is 0.255 e. The first-order valence-electron chi connectivity index (χ1n) is 7.98. The molecule has 0 saturated carbocycles. The highest BCUT2D eigenvalue weighted by Crippen LogP contribution is 2.38. The summed E-state index contributed by atoms with van der Waals surface area (Å²) in [7, 11) is 0. The summed E-state index contributed by atoms with van der Waals surface area (Å²) in [5.41, 5.74) is 0.687. The molecule has 0 bridgehead atoms. The number of nitrogens with zero attached hydrogens (tertiary/aromatic N) is 1. The largest absolute Gasteiger partial charge is 0.494 e. The van der Waals surface area contributed by atoms with E-state index < -0.39 is 0 Å². The summed E-state index contributed by atoms with van der Waals surface area (Å²) in [6.45, 7) is 3.59. The van der Waals surface area contributed by atoms with Crippen molar-refractivity contribution in [3.63, 3.8) is 0 Å². The Morgan fingerprint density at radius 3 is 2.87 bits per heavy atom. The third-order valence-electron chi connectivity index (χ3n) is 3.81. The van der Waals surface area contributed by atoms with Gasteiger partial charge in [-0.3, -0.25) is 4.79 Å². The summed E-state index contributed by atoms with van der Waals surface area (Å²) < 4.78 is 11.1. The molecule has 1 saturated heterocycles. The van der Waals surface area contributed by atoms with E-state index in [2.05, 4.69) is 6.92 Å². The minimum absolute atomic E-state index is 0.0296. The van der Waals surface area contributed by atoms with Gasteiger partial charge in [0.25, 0.3) is 5.91 Å². The predicted molar refractivity (Wildman–Crippen MR) is 91.8 cm³/mol. The first kappa shape index (κ1) is 16.0. The second-order valence-electron chi connectivity index (χ2n) is 5.46. The lowest BCUT2D eigenvalue weighted by molar-refractivity contribution is 0.0749. The van der Waals surface area contributed by atoms with Gasteiger partial charge in [-0.05, 0) is 42.8 Å². The molecule has 0 spiro atoms. The van der Waals surface area contributed by atoms with Crippen LogP contribution in [-0.2, 0) is 0 Å². The Labute approximate surface area is 140 Å². The van der Waals surface area contributed by atoms with E-state index in [1.807, 2.05) is 41.3 Å². The maximum atomic E-state index is 12.8. The van der Waals surface area contributed by atoms with Gasteiger partial charge in [-0.1, -0.05) is 13.3 Å². The molecule has 1 aliphatic heterocycles. The number of amides is 1. The molecule has 1 aromatic heterocycles. The first-order chi connectivity index (χ1) is 11.3. The Hall–Kier alpha value is -1.88. The lowest BCUT2D eigenvalue weighted by atomic mass is 10.2. The van der Waals surface area contributed by atoms with Gasteiger partial charge in [0.1, 0.15) is 16.9 Å². The van der Waals surface area contributed by atoms with Gasteiger partial charge < -0.3 is 14.1 Å². The van der Waals surface area contributed by atoms with Gasteiger partial charge in [-0.25, -0.2) is 0 Å². The Morgan fingerprint density at radius 1 is 1.35 bits per heavy atom. The topological polar surface area (TPSA) is 42.7 Å². The van der Waals surface area contributed by atoms with Crippen LogP contribution in [0.5, 0.6) is 5.75 Å². The summed E-state index contributed by atoms with van der Waals surface area (Å²) in [6.07, 6.45) is 3.80. The molecule has 0 aliphatic carbocycles. The lowest BCUT2D eigenvalue weighted by Gasteiger charge is -2.22. The average molecular weight is 331 g/mol. The van der Waals surface area contributed by atoms with Crippen molar-refractivity contribution >= 4 is 17.7 Å². The molecule has 3 rings (SSSR count). The smallest absolute Gasteiger partial charge is 0.255 e. The van der Waals surface area contributed by atoms with Gasteiger partial charge in [0.15, 0.2) is 0 Å². The van der Waals surface area contributed by atoms with Crippen molar-refractivity contribution < 1.29 is 13.9 Å². The van der Waals surface area contributed by atoms with E-state index in [0.717, 1.165) is 36.6 Å². The third-order valence-corrected chi connectivity index (χ3v) is 5.03. The summed E-state index contributed by atoms with van der Waals surface area (Å²) in [4.78, 5) is 14.6. The quantitative estimate of drug-likeness (QED) is 0.738. The van der Waals surface area contributed by atoms with Crippen LogP contribution in [0.15, 0.2) is 47.1 Å². The van der Waals surface area contributed by atoms with Crippen LogP contribution in [0.4, 0.5) is 0 Å². The number of thioether (sulfide) groups is 1. The highest BCUT2D eigenvalue weighted by atomic mass is 32.2. The van der Waals surface area contributed by atoms with Crippen molar-refractivity contribution in [3.05, 3.63) is 54.0 Å². The number of unbranched alkanes of at least 4 members (excludes halogenated alkanes) is 1. The molecule has 0 radical (unpaired) electrons. The van der Waals surface area contributed by atoms with E-state index in [1.165, 1.54) is 0 Å². The van der Waals surface area contributed by atoms with Crippen molar-refractivity contribution in [3.8, 4) is 5.75 Å². The highest BCUT2D eigenvalue weighted by Gasteiger charge is 2.32. The van der Waals surface area contributed by atoms with Crippen LogP contribution >= 0.6 is 11.8 Å². The monoisotopic (exact) mass is 331 g/mol. The van der Waals surface area contributed by atoms with Crippen molar-refractivity contribution in [1.82, 2.24) is 4.90 Å². The fourth-order valence-electron chi connectivity index (χ4n) is 2.54. The van der Waals surface area contributed by atoms with Gasteiger partial charge in [0.2, 0.25) is 0 Å². The zero-order valence-corrected chi connectivity index (χ0v) is 14.1. The van der Waals surface area contributed by atoms with E-state index in [9.17, 15) is 4.79 Å². The lowest BCUT2D eigenvalue weighted by Crippen LogP contribution is -2.30. The molecule has 1 amide bonds. The predicted octanol–water partition coefficient (Wildman–Crippen LogP) is 4.35. The number of furan rings is 1. The van der Waals surface area contributed by atoms with Crippen LogP contribution in [0, 0.1) is 0 Å². The normalized spacial score (nSPS) is 17.4. The summed E-state index contributed by atoms with van der Waals surface area (Å²) >= 11 is 1.73. The molecular weight excluding hydrogens is 310 g/mol. The van der Waals surface area contributed by atoms with Crippen molar-refractivity contribution in [2.45, 2.75) is 25.1 Å². The fraction of sp³-hybridized carbons (Fsp3) is 0.389. The van der Waals surface area contributed by atoms with E-state index in [0.29, 0.717) is 12.2 Å². The minimum Gasteiger partial charge on any atom is -0.494 e. The number of ether oxygens (including phenoxy) is 1. The summed E-state index contributed by atoms with van der Waals surface area (Å²) in [5.74, 6) is 2.61. The summed E-state index contributed by atoms with van der Waals surface area (Å²) in [6, 6.07) is 11.2. The number of hydrogen-bond acceptors (Lipinski definition) is 4. The SMILES string of the molecule is CCCCOc1ccc(C(=O)N2CCS[C@@H]2c2ccco2)cc1. The van der Waals surface area contributed by atoms with Crippen LogP contribution in [0.3, 0.4) is 0 Å². The Morgan fingerprint density at radius 2 is 2.17 bits per heavy atom. The maximum absolute atomic E-state index is 12.8. The highest BCUT2D eigenvalue weighted by molar-refractivity contribution is 7.99. The molecule has 1 fully saturated rings. The van der Waals surface area contributed by atoms with Crippen LogP contribution in [0.1, 0.15) is 41.3 Å². The standard InChI is InChI=1S/C18H21NO3S/c1-2-3-11-21-15-8-6-14(7-9-15)17(20)19-10-13-23-18(19)16-5-4-12-22-16/h4-9,12,18H,2-3,10-11,13H2,1H3/t18-/m1/s1. The molecule has 1 aromatic carbocycles. The third kappa shape index (κ3) is 3.72. The average Bonchev–Trinajstić information content (AvgIpc) is 3.26. The molecule has 0 unspecified atom stereocenters. The zero-order valence-electron chi connectivity index (χ0n) is 13.2. The second-order valence-corrected chi connectivity index (χ2v) is 6.65. The van der Waals surface area contributed by atoms with Gasteiger partial charge in [-0.2, -0.15) is 0 Å². The molecular formula is C18H21NO3S. The molecule has 2 heterocycles. The Balaban J connectivity index is 1.67. The van der Waals surface area contributed by atoms with Crippen LogP contribution < -0.4 is 4.74 Å². The minimum atomic E-state index is -0.0296. The molecule has 122 valence electrons. The first-order valence-corrected chi connectivity index (χ1v) is 9.03. The van der Waals surface area contributed by atoms with E-state index in [-0.39, 0.29) is 11.3 Å². The summed E-state index contributed by atoms with van der Waals surface area (Å²) in [5, 5.41) is -0.0296. The number of benzene rings is 1. The Bertz CT molecular complexity index is 624. The van der Waals surface area contributed by atoms with E-state index in [1.54, 1.807) is 18.0 Å². The molecule has 5 heteroatoms. The number of rotatable bonds is 6. The van der Waals surface area contributed by atoms with Crippen LogP contribution in [-0.4, -0.2) is 29.7 Å². The van der Waals surface area contributed by atoms with Crippen molar-refractivity contribution in [2.24, 2.45) is 0 Å². The van der Waals surface area contributed by atoms with Gasteiger partial charge in [-0.15, -0.1) is 11.8 Å².